The van der Waals surface area contributed by atoms with Gasteiger partial charge in [-0.05, 0) is 31.2 Å². The van der Waals surface area contributed by atoms with Crippen LogP contribution in [0, 0.1) is 11.3 Å². The van der Waals surface area contributed by atoms with Crippen molar-refractivity contribution in [1.82, 2.24) is 4.90 Å². The molecule has 0 N–H and O–H groups in total. The molecule has 0 radical (unpaired) electrons. The Bertz CT molecular complexity index is 454. The number of hydrogen-bond donors (Lipinski definition) is 0. The Morgan fingerprint density at radius 1 is 1.21 bits per heavy atom. The molecular weight excluding hydrogens is 240 g/mol. The van der Waals surface area contributed by atoms with Crippen LogP contribution in [0.15, 0.2) is 18.2 Å². The predicted molar refractivity (Wildman–Crippen MR) is 73.5 cm³/mol. The molecule has 4 nitrogen and oxygen atoms in total. The zero-order valence-electron chi connectivity index (χ0n) is 11.4. The highest BCUT2D eigenvalue weighted by molar-refractivity contribution is 5.43. The molecule has 102 valence electrons. The summed E-state index contributed by atoms with van der Waals surface area (Å²) in [7, 11) is 2.04. The van der Waals surface area contributed by atoms with Gasteiger partial charge in [0.2, 0.25) is 0 Å². The third kappa shape index (κ3) is 4.15. The molecule has 0 aliphatic carbocycles. The summed E-state index contributed by atoms with van der Waals surface area (Å²) < 4.78 is 11.3. The van der Waals surface area contributed by atoms with Gasteiger partial charge in [-0.25, -0.2) is 0 Å². The second kappa shape index (κ2) is 7.01. The van der Waals surface area contributed by atoms with Crippen LogP contribution in [0.2, 0.25) is 0 Å². The van der Waals surface area contributed by atoms with Crippen molar-refractivity contribution < 1.29 is 9.47 Å². The molecule has 1 aliphatic rings. The minimum Gasteiger partial charge on any atom is -0.490 e. The van der Waals surface area contributed by atoms with Crippen molar-refractivity contribution >= 4 is 0 Å². The molecule has 4 heteroatoms. The SMILES string of the molecule is CN(CCC#N)CCc1ccc2c(c1)OCCCO2. The third-order valence-electron chi connectivity index (χ3n) is 3.20. The summed E-state index contributed by atoms with van der Waals surface area (Å²) in [6, 6.07) is 8.31. The van der Waals surface area contributed by atoms with Crippen molar-refractivity contribution in [3.63, 3.8) is 0 Å². The Balaban J connectivity index is 1.91. The van der Waals surface area contributed by atoms with E-state index < -0.39 is 0 Å². The predicted octanol–water partition coefficient (Wildman–Crippen LogP) is 2.24. The van der Waals surface area contributed by atoms with E-state index in [1.165, 1.54) is 5.56 Å². The third-order valence-corrected chi connectivity index (χ3v) is 3.20. The summed E-state index contributed by atoms with van der Waals surface area (Å²) in [6.45, 7) is 3.21. The van der Waals surface area contributed by atoms with Crippen molar-refractivity contribution in [3.8, 4) is 17.6 Å². The molecule has 1 heterocycles. The summed E-state index contributed by atoms with van der Waals surface area (Å²) >= 11 is 0. The molecule has 1 aromatic carbocycles. The van der Waals surface area contributed by atoms with Crippen molar-refractivity contribution in [2.45, 2.75) is 19.3 Å². The number of rotatable bonds is 5. The fourth-order valence-electron chi connectivity index (χ4n) is 2.04. The summed E-state index contributed by atoms with van der Waals surface area (Å²) in [5, 5.41) is 8.55. The zero-order chi connectivity index (χ0) is 13.5. The van der Waals surface area contributed by atoms with Gasteiger partial charge in [0.05, 0.1) is 19.3 Å². The van der Waals surface area contributed by atoms with Gasteiger partial charge in [0, 0.05) is 25.9 Å². The van der Waals surface area contributed by atoms with E-state index in [0.717, 1.165) is 50.6 Å². The molecule has 19 heavy (non-hydrogen) atoms. The van der Waals surface area contributed by atoms with Crippen LogP contribution in [0.5, 0.6) is 11.5 Å². The smallest absolute Gasteiger partial charge is 0.161 e. The molecule has 0 saturated carbocycles. The molecule has 0 atom stereocenters. The normalized spacial score (nSPS) is 13.9. The first kappa shape index (κ1) is 13.7. The molecule has 0 bridgehead atoms. The number of ether oxygens (including phenoxy) is 2. The van der Waals surface area contributed by atoms with Crippen LogP contribution in [-0.4, -0.2) is 38.3 Å². The number of likely N-dealkylation sites (N-methyl/N-ethyl adjacent to an activating group) is 1. The molecule has 0 unspecified atom stereocenters. The van der Waals surface area contributed by atoms with Gasteiger partial charge in [0.15, 0.2) is 11.5 Å². The van der Waals surface area contributed by atoms with Gasteiger partial charge in [0.1, 0.15) is 0 Å². The average molecular weight is 260 g/mol. The monoisotopic (exact) mass is 260 g/mol. The number of fused-ring (bicyclic) bond motifs is 1. The lowest BCUT2D eigenvalue weighted by molar-refractivity contribution is 0.297. The number of nitrogens with zero attached hydrogens (tertiary/aromatic N) is 2. The van der Waals surface area contributed by atoms with Crippen LogP contribution >= 0.6 is 0 Å². The minimum absolute atomic E-state index is 0.581. The molecule has 0 saturated heterocycles. The number of hydrogen-bond acceptors (Lipinski definition) is 4. The topological polar surface area (TPSA) is 45.5 Å². The first-order valence-corrected chi connectivity index (χ1v) is 6.73. The molecule has 0 aromatic heterocycles. The molecule has 1 aliphatic heterocycles. The molecule has 0 fully saturated rings. The maximum Gasteiger partial charge on any atom is 0.161 e. The van der Waals surface area contributed by atoms with Gasteiger partial charge >= 0.3 is 0 Å². The Morgan fingerprint density at radius 2 is 2.00 bits per heavy atom. The molecular formula is C15H20N2O2. The maximum atomic E-state index is 8.55. The first-order valence-electron chi connectivity index (χ1n) is 6.73. The Kier molecular flexibility index (Phi) is 5.05. The largest absolute Gasteiger partial charge is 0.490 e. The fourth-order valence-corrected chi connectivity index (χ4v) is 2.04. The Hall–Kier alpha value is -1.73. The minimum atomic E-state index is 0.581. The van der Waals surface area contributed by atoms with E-state index >= 15 is 0 Å². The first-order chi connectivity index (χ1) is 9.29. The molecule has 0 spiro atoms. The Labute approximate surface area is 114 Å². The lowest BCUT2D eigenvalue weighted by Gasteiger charge is -2.15. The van der Waals surface area contributed by atoms with E-state index in [1.807, 2.05) is 13.1 Å². The average Bonchev–Trinajstić information content (AvgIpc) is 2.67. The molecule has 2 rings (SSSR count). The van der Waals surface area contributed by atoms with E-state index in [0.29, 0.717) is 6.42 Å². The second-order valence-electron chi connectivity index (χ2n) is 4.79. The van der Waals surface area contributed by atoms with Crippen LogP contribution in [0.4, 0.5) is 0 Å². The van der Waals surface area contributed by atoms with E-state index in [2.05, 4.69) is 23.1 Å². The van der Waals surface area contributed by atoms with Gasteiger partial charge < -0.3 is 14.4 Å². The van der Waals surface area contributed by atoms with Crippen LogP contribution in [0.1, 0.15) is 18.4 Å². The van der Waals surface area contributed by atoms with Gasteiger partial charge in [-0.15, -0.1) is 0 Å². The molecule has 1 aromatic rings. The second-order valence-corrected chi connectivity index (χ2v) is 4.79. The lowest BCUT2D eigenvalue weighted by Crippen LogP contribution is -2.22. The maximum absolute atomic E-state index is 8.55. The van der Waals surface area contributed by atoms with Crippen LogP contribution in [0.25, 0.3) is 0 Å². The van der Waals surface area contributed by atoms with E-state index in [4.69, 9.17) is 14.7 Å². The van der Waals surface area contributed by atoms with Crippen LogP contribution in [0.3, 0.4) is 0 Å². The lowest BCUT2D eigenvalue weighted by atomic mass is 10.1. The highest BCUT2D eigenvalue weighted by atomic mass is 16.5. The van der Waals surface area contributed by atoms with Gasteiger partial charge in [0.25, 0.3) is 0 Å². The standard InChI is InChI=1S/C15H20N2O2/c1-17(8-2-7-16)9-6-13-4-5-14-15(12-13)19-11-3-10-18-14/h4-5,12H,2-3,6,8-11H2,1H3. The Morgan fingerprint density at radius 3 is 2.79 bits per heavy atom. The highest BCUT2D eigenvalue weighted by Gasteiger charge is 2.10. The van der Waals surface area contributed by atoms with E-state index in [1.54, 1.807) is 0 Å². The van der Waals surface area contributed by atoms with Crippen LogP contribution in [-0.2, 0) is 6.42 Å². The highest BCUT2D eigenvalue weighted by Crippen LogP contribution is 2.30. The number of nitriles is 1. The summed E-state index contributed by atoms with van der Waals surface area (Å²) in [5.74, 6) is 1.70. The quantitative estimate of drug-likeness (QED) is 0.814. The van der Waals surface area contributed by atoms with Crippen molar-refractivity contribution in [3.05, 3.63) is 23.8 Å². The van der Waals surface area contributed by atoms with Crippen LogP contribution < -0.4 is 9.47 Å². The summed E-state index contributed by atoms with van der Waals surface area (Å²) in [6.07, 6.45) is 2.47. The van der Waals surface area contributed by atoms with Gasteiger partial charge in [-0.3, -0.25) is 0 Å². The van der Waals surface area contributed by atoms with E-state index in [9.17, 15) is 0 Å². The van der Waals surface area contributed by atoms with Crippen molar-refractivity contribution in [2.24, 2.45) is 0 Å². The van der Waals surface area contributed by atoms with Crippen molar-refractivity contribution in [1.29, 1.82) is 5.26 Å². The summed E-state index contributed by atoms with van der Waals surface area (Å²) in [5.41, 5.74) is 1.24. The molecule has 0 amide bonds. The van der Waals surface area contributed by atoms with Gasteiger partial charge in [-0.2, -0.15) is 5.26 Å². The zero-order valence-corrected chi connectivity index (χ0v) is 11.4. The van der Waals surface area contributed by atoms with Gasteiger partial charge in [-0.1, -0.05) is 6.07 Å². The van der Waals surface area contributed by atoms with E-state index in [-0.39, 0.29) is 0 Å². The fraction of sp³-hybridized carbons (Fsp3) is 0.533. The number of benzene rings is 1. The summed E-state index contributed by atoms with van der Waals surface area (Å²) in [4.78, 5) is 2.17. The van der Waals surface area contributed by atoms with Crippen molar-refractivity contribution in [2.75, 3.05) is 33.4 Å².